The van der Waals surface area contributed by atoms with Crippen LogP contribution in [0.5, 0.6) is 0 Å². The quantitative estimate of drug-likeness (QED) is 0.724. The van der Waals surface area contributed by atoms with Crippen molar-refractivity contribution in [2.75, 3.05) is 14.2 Å². The van der Waals surface area contributed by atoms with Gasteiger partial charge in [-0.2, -0.15) is 5.10 Å². The molecule has 0 amide bonds. The fourth-order valence-corrected chi connectivity index (χ4v) is 1.30. The standard InChI is InChI=1S/C9H10N2O6/c1-11-6(7(12)13)4(8(14)16-2)5(10-11)9(15)17-3/h1-3H3,(H,12,13). The molecule has 8 nitrogen and oxygen atoms in total. The highest BCUT2D eigenvalue weighted by atomic mass is 16.5. The molecule has 0 bridgehead atoms. The van der Waals surface area contributed by atoms with E-state index in [2.05, 4.69) is 14.6 Å². The lowest BCUT2D eigenvalue weighted by atomic mass is 10.2. The Morgan fingerprint density at radius 2 is 1.71 bits per heavy atom. The Morgan fingerprint density at radius 1 is 1.18 bits per heavy atom. The first-order chi connectivity index (χ1) is 7.93. The van der Waals surface area contributed by atoms with Gasteiger partial charge >= 0.3 is 17.9 Å². The van der Waals surface area contributed by atoms with Crippen LogP contribution in [0.25, 0.3) is 0 Å². The Morgan fingerprint density at radius 3 is 2.12 bits per heavy atom. The number of hydrogen-bond donors (Lipinski definition) is 1. The SMILES string of the molecule is COC(=O)c1nn(C)c(C(=O)O)c1C(=O)OC. The molecule has 0 unspecified atom stereocenters. The molecule has 8 heteroatoms. The van der Waals surface area contributed by atoms with Gasteiger partial charge in [0.2, 0.25) is 0 Å². The minimum absolute atomic E-state index is 0.390. The lowest BCUT2D eigenvalue weighted by Crippen LogP contribution is -2.14. The van der Waals surface area contributed by atoms with Crippen LogP contribution in [0.2, 0.25) is 0 Å². The third-order valence-corrected chi connectivity index (χ3v) is 2.02. The summed E-state index contributed by atoms with van der Waals surface area (Å²) in [7, 11) is 3.46. The zero-order valence-corrected chi connectivity index (χ0v) is 9.38. The van der Waals surface area contributed by atoms with E-state index in [1.165, 1.54) is 7.05 Å². The molecule has 0 aliphatic heterocycles. The van der Waals surface area contributed by atoms with Crippen LogP contribution in [0.4, 0.5) is 0 Å². The molecule has 1 aromatic rings. The fraction of sp³-hybridized carbons (Fsp3) is 0.333. The number of esters is 2. The van der Waals surface area contributed by atoms with Crippen LogP contribution >= 0.6 is 0 Å². The average molecular weight is 242 g/mol. The zero-order valence-electron chi connectivity index (χ0n) is 9.38. The van der Waals surface area contributed by atoms with Crippen molar-refractivity contribution in [2.45, 2.75) is 0 Å². The van der Waals surface area contributed by atoms with E-state index >= 15 is 0 Å². The molecule has 0 fully saturated rings. The van der Waals surface area contributed by atoms with E-state index in [1.54, 1.807) is 0 Å². The first kappa shape index (κ1) is 12.7. The van der Waals surface area contributed by atoms with Gasteiger partial charge in [-0.1, -0.05) is 0 Å². The Labute approximate surface area is 95.7 Å². The molecule has 0 spiro atoms. The third kappa shape index (κ3) is 2.10. The van der Waals surface area contributed by atoms with E-state index < -0.39 is 29.2 Å². The number of carboxylic acid groups (broad SMARTS) is 1. The highest BCUT2D eigenvalue weighted by molar-refractivity contribution is 6.08. The second-order valence-corrected chi connectivity index (χ2v) is 2.98. The van der Waals surface area contributed by atoms with Gasteiger partial charge in [0, 0.05) is 7.05 Å². The van der Waals surface area contributed by atoms with Gasteiger partial charge in [0.1, 0.15) is 5.56 Å². The molecular formula is C9H10N2O6. The third-order valence-electron chi connectivity index (χ3n) is 2.02. The van der Waals surface area contributed by atoms with Gasteiger partial charge in [-0.3, -0.25) is 4.68 Å². The molecule has 92 valence electrons. The maximum Gasteiger partial charge on any atom is 0.359 e. The van der Waals surface area contributed by atoms with E-state index in [0.717, 1.165) is 18.9 Å². The predicted molar refractivity (Wildman–Crippen MR) is 52.8 cm³/mol. The van der Waals surface area contributed by atoms with Crippen molar-refractivity contribution in [3.05, 3.63) is 17.0 Å². The van der Waals surface area contributed by atoms with Gasteiger partial charge in [0.05, 0.1) is 14.2 Å². The van der Waals surface area contributed by atoms with E-state index in [0.29, 0.717) is 0 Å². The van der Waals surface area contributed by atoms with Crippen molar-refractivity contribution in [2.24, 2.45) is 7.05 Å². The molecule has 0 radical (unpaired) electrons. The number of carbonyl (C=O) groups is 3. The molecule has 17 heavy (non-hydrogen) atoms. The Kier molecular flexibility index (Phi) is 3.46. The van der Waals surface area contributed by atoms with Crippen molar-refractivity contribution in [3.63, 3.8) is 0 Å². The Balaban J connectivity index is 3.52. The Bertz CT molecular complexity index is 490. The largest absolute Gasteiger partial charge is 0.476 e. The van der Waals surface area contributed by atoms with Crippen LogP contribution < -0.4 is 0 Å². The van der Waals surface area contributed by atoms with E-state index in [9.17, 15) is 14.4 Å². The lowest BCUT2D eigenvalue weighted by molar-refractivity contribution is 0.0546. The summed E-state index contributed by atoms with van der Waals surface area (Å²) in [5.41, 5.74) is -1.24. The summed E-state index contributed by atoms with van der Waals surface area (Å²) in [6, 6.07) is 0. The number of aromatic carboxylic acids is 1. The molecule has 0 aliphatic carbocycles. The van der Waals surface area contributed by atoms with Crippen LogP contribution in [0.15, 0.2) is 0 Å². The molecule has 0 aromatic carbocycles. The van der Waals surface area contributed by atoms with Gasteiger partial charge in [-0.15, -0.1) is 0 Å². The molecule has 0 saturated heterocycles. The van der Waals surface area contributed by atoms with Crippen LogP contribution in [-0.2, 0) is 16.5 Å². The summed E-state index contributed by atoms with van der Waals surface area (Å²) in [6.07, 6.45) is 0. The molecule has 1 aromatic heterocycles. The Hall–Kier alpha value is -2.38. The van der Waals surface area contributed by atoms with Crippen LogP contribution in [-0.4, -0.2) is 47.0 Å². The maximum atomic E-state index is 11.4. The molecular weight excluding hydrogens is 232 g/mol. The predicted octanol–water partition coefficient (Wildman–Crippen LogP) is -0.309. The normalized spacial score (nSPS) is 9.82. The summed E-state index contributed by atoms with van der Waals surface area (Å²) in [5, 5.41) is 12.6. The van der Waals surface area contributed by atoms with E-state index in [-0.39, 0.29) is 5.69 Å². The number of hydrogen-bond acceptors (Lipinski definition) is 6. The number of aromatic nitrogens is 2. The average Bonchev–Trinajstić information content (AvgIpc) is 2.64. The van der Waals surface area contributed by atoms with Crippen molar-refractivity contribution >= 4 is 17.9 Å². The topological polar surface area (TPSA) is 108 Å². The summed E-state index contributed by atoms with van der Waals surface area (Å²) in [5.74, 6) is -3.26. The highest BCUT2D eigenvalue weighted by Gasteiger charge is 2.31. The first-order valence-corrected chi connectivity index (χ1v) is 4.41. The van der Waals surface area contributed by atoms with Gasteiger partial charge in [0.15, 0.2) is 11.4 Å². The monoisotopic (exact) mass is 242 g/mol. The van der Waals surface area contributed by atoms with Crippen molar-refractivity contribution in [1.29, 1.82) is 0 Å². The maximum absolute atomic E-state index is 11.4. The summed E-state index contributed by atoms with van der Waals surface area (Å²) in [6.45, 7) is 0. The number of nitrogens with zero attached hydrogens (tertiary/aromatic N) is 2. The molecule has 0 aliphatic rings. The fourth-order valence-electron chi connectivity index (χ4n) is 1.30. The van der Waals surface area contributed by atoms with E-state index in [1.807, 2.05) is 0 Å². The number of aryl methyl sites for hydroxylation is 1. The van der Waals surface area contributed by atoms with E-state index in [4.69, 9.17) is 5.11 Å². The zero-order chi connectivity index (χ0) is 13.2. The van der Waals surface area contributed by atoms with Gasteiger partial charge < -0.3 is 14.6 Å². The smallest absolute Gasteiger partial charge is 0.359 e. The van der Waals surface area contributed by atoms with Crippen LogP contribution in [0.1, 0.15) is 31.3 Å². The van der Waals surface area contributed by atoms with Gasteiger partial charge in [-0.05, 0) is 0 Å². The first-order valence-electron chi connectivity index (χ1n) is 4.41. The van der Waals surface area contributed by atoms with Crippen molar-refractivity contribution < 1.29 is 29.0 Å². The van der Waals surface area contributed by atoms with Crippen molar-refractivity contribution in [3.8, 4) is 0 Å². The van der Waals surface area contributed by atoms with Gasteiger partial charge in [0.25, 0.3) is 0 Å². The number of carbonyl (C=O) groups excluding carboxylic acids is 2. The molecule has 1 N–H and O–H groups in total. The second kappa shape index (κ2) is 4.64. The summed E-state index contributed by atoms with van der Waals surface area (Å²) >= 11 is 0. The number of ether oxygens (including phenoxy) is 2. The molecule has 0 atom stereocenters. The highest BCUT2D eigenvalue weighted by Crippen LogP contribution is 2.16. The molecule has 0 saturated carbocycles. The minimum atomic E-state index is -1.39. The lowest BCUT2D eigenvalue weighted by Gasteiger charge is -2.00. The summed E-state index contributed by atoms with van der Waals surface area (Å²) in [4.78, 5) is 33.8. The number of carboxylic acids is 1. The van der Waals surface area contributed by atoms with Crippen LogP contribution in [0, 0.1) is 0 Å². The van der Waals surface area contributed by atoms with Gasteiger partial charge in [-0.25, -0.2) is 14.4 Å². The number of methoxy groups -OCH3 is 2. The minimum Gasteiger partial charge on any atom is -0.476 e. The van der Waals surface area contributed by atoms with Crippen molar-refractivity contribution in [1.82, 2.24) is 9.78 Å². The second-order valence-electron chi connectivity index (χ2n) is 2.98. The molecule has 1 heterocycles. The number of rotatable bonds is 3. The molecule has 1 rings (SSSR count). The summed E-state index contributed by atoms with van der Waals surface area (Å²) < 4.78 is 9.72. The van der Waals surface area contributed by atoms with Crippen LogP contribution in [0.3, 0.4) is 0 Å².